The molecule has 0 amide bonds. The number of ether oxygens (including phenoxy) is 1. The lowest BCUT2D eigenvalue weighted by Gasteiger charge is -2.18. The van der Waals surface area contributed by atoms with Crippen LogP contribution in [0.1, 0.15) is 30.2 Å². The molecule has 0 fully saturated rings. The average molecular weight is 259 g/mol. The Bertz CT molecular complexity index is 546. The molecule has 2 rings (SSSR count). The van der Waals surface area contributed by atoms with Crippen LogP contribution < -0.4 is 10.1 Å². The van der Waals surface area contributed by atoms with Gasteiger partial charge in [-0.05, 0) is 19.5 Å². The van der Waals surface area contributed by atoms with Gasteiger partial charge in [0.2, 0.25) is 5.88 Å². The van der Waals surface area contributed by atoms with E-state index in [1.807, 2.05) is 19.9 Å². The molecule has 2 heterocycles. The number of aryl methyl sites for hydroxylation is 1. The smallest absolute Gasteiger partial charge is 0.237 e. The van der Waals surface area contributed by atoms with E-state index in [4.69, 9.17) is 4.74 Å². The lowest BCUT2D eigenvalue weighted by atomic mass is 10.1. The molecule has 0 aromatic carbocycles. The summed E-state index contributed by atoms with van der Waals surface area (Å²) in [6.45, 7) is 4.68. The predicted octanol–water partition coefficient (Wildman–Crippen LogP) is 1.28. The first kappa shape index (κ1) is 13.4. The van der Waals surface area contributed by atoms with Gasteiger partial charge >= 0.3 is 0 Å². The maximum Gasteiger partial charge on any atom is 0.237 e. The quantitative estimate of drug-likeness (QED) is 0.872. The largest absolute Gasteiger partial charge is 0.480 e. The second-order valence-electron chi connectivity index (χ2n) is 3.97. The summed E-state index contributed by atoms with van der Waals surface area (Å²) in [4.78, 5) is 17.1. The third-order valence-electron chi connectivity index (χ3n) is 2.66. The van der Waals surface area contributed by atoms with Crippen molar-refractivity contribution >= 4 is 0 Å². The summed E-state index contributed by atoms with van der Waals surface area (Å²) in [7, 11) is 1.59. The molecule has 0 saturated carbocycles. The van der Waals surface area contributed by atoms with Crippen LogP contribution in [0, 0.1) is 6.92 Å². The second kappa shape index (κ2) is 6.19. The number of hydrogen-bond acceptors (Lipinski definition) is 6. The fourth-order valence-electron chi connectivity index (χ4n) is 1.87. The normalized spacial score (nSPS) is 12.2. The van der Waals surface area contributed by atoms with Crippen LogP contribution in [0.2, 0.25) is 0 Å². The van der Waals surface area contributed by atoms with Crippen LogP contribution in [0.4, 0.5) is 0 Å². The molecule has 0 aliphatic heterocycles. The minimum atomic E-state index is -0.157. The zero-order valence-corrected chi connectivity index (χ0v) is 11.3. The zero-order valence-electron chi connectivity index (χ0n) is 11.3. The Morgan fingerprint density at radius 2 is 2.00 bits per heavy atom. The van der Waals surface area contributed by atoms with E-state index < -0.39 is 0 Å². The molecule has 1 unspecified atom stereocenters. The van der Waals surface area contributed by atoms with E-state index in [9.17, 15) is 0 Å². The van der Waals surface area contributed by atoms with Crippen molar-refractivity contribution in [3.63, 3.8) is 0 Å². The van der Waals surface area contributed by atoms with Crippen molar-refractivity contribution in [3.8, 4) is 5.88 Å². The highest BCUT2D eigenvalue weighted by Gasteiger charge is 2.21. The first-order chi connectivity index (χ1) is 9.26. The highest BCUT2D eigenvalue weighted by atomic mass is 16.5. The number of hydrogen-bond donors (Lipinski definition) is 1. The molecule has 2 aromatic rings. The summed E-state index contributed by atoms with van der Waals surface area (Å²) in [6, 6.07) is 1.71. The van der Waals surface area contributed by atoms with Gasteiger partial charge in [0.1, 0.15) is 11.5 Å². The van der Waals surface area contributed by atoms with Gasteiger partial charge < -0.3 is 10.1 Å². The number of nitrogens with zero attached hydrogens (tertiary/aromatic N) is 4. The molecule has 100 valence electrons. The van der Waals surface area contributed by atoms with Crippen LogP contribution in [0.3, 0.4) is 0 Å². The van der Waals surface area contributed by atoms with E-state index in [1.54, 1.807) is 25.7 Å². The van der Waals surface area contributed by atoms with Crippen LogP contribution in [-0.2, 0) is 0 Å². The maximum absolute atomic E-state index is 5.27. The van der Waals surface area contributed by atoms with Gasteiger partial charge in [0.05, 0.1) is 18.8 Å². The van der Waals surface area contributed by atoms with Crippen LogP contribution in [0.5, 0.6) is 5.88 Å². The maximum atomic E-state index is 5.27. The van der Waals surface area contributed by atoms with Crippen LogP contribution in [0.25, 0.3) is 0 Å². The summed E-state index contributed by atoms with van der Waals surface area (Å²) in [5, 5.41) is 3.34. The topological polar surface area (TPSA) is 72.8 Å². The third kappa shape index (κ3) is 3.03. The van der Waals surface area contributed by atoms with Gasteiger partial charge in [-0.2, -0.15) is 0 Å². The molecule has 19 heavy (non-hydrogen) atoms. The predicted molar refractivity (Wildman–Crippen MR) is 70.9 cm³/mol. The SMILES string of the molecule is CCNC(c1ccnc(C)n1)c1nccnc1OC. The van der Waals surface area contributed by atoms with E-state index in [-0.39, 0.29) is 6.04 Å². The van der Waals surface area contributed by atoms with Gasteiger partial charge in [0, 0.05) is 18.6 Å². The molecule has 0 radical (unpaired) electrons. The Balaban J connectivity index is 2.45. The molecule has 0 aliphatic rings. The van der Waals surface area contributed by atoms with E-state index in [2.05, 4.69) is 25.3 Å². The Hall–Kier alpha value is -2.08. The molecule has 0 bridgehead atoms. The van der Waals surface area contributed by atoms with E-state index >= 15 is 0 Å². The van der Waals surface area contributed by atoms with Crippen LogP contribution in [0.15, 0.2) is 24.7 Å². The molecule has 6 nitrogen and oxygen atoms in total. The van der Waals surface area contributed by atoms with E-state index in [0.717, 1.165) is 23.8 Å². The standard InChI is InChI=1S/C13H17N5O/c1-4-14-11(10-5-6-15-9(2)18-10)12-13(19-3)17-8-7-16-12/h5-8,11,14H,4H2,1-3H3. The lowest BCUT2D eigenvalue weighted by Crippen LogP contribution is -2.25. The molecular weight excluding hydrogens is 242 g/mol. The molecule has 0 aliphatic carbocycles. The van der Waals surface area contributed by atoms with Crippen LogP contribution in [-0.4, -0.2) is 33.6 Å². The molecule has 1 N–H and O–H groups in total. The molecule has 1 atom stereocenters. The summed E-state index contributed by atoms with van der Waals surface area (Å²) in [5.41, 5.74) is 1.58. The fourth-order valence-corrected chi connectivity index (χ4v) is 1.87. The summed E-state index contributed by atoms with van der Waals surface area (Å²) < 4.78 is 5.27. The van der Waals surface area contributed by atoms with Crippen LogP contribution >= 0.6 is 0 Å². The summed E-state index contributed by atoms with van der Waals surface area (Å²) in [5.74, 6) is 1.23. The Morgan fingerprint density at radius 1 is 1.21 bits per heavy atom. The number of methoxy groups -OCH3 is 1. The fraction of sp³-hybridized carbons (Fsp3) is 0.385. The zero-order chi connectivity index (χ0) is 13.7. The first-order valence-electron chi connectivity index (χ1n) is 6.14. The molecule has 6 heteroatoms. The van der Waals surface area contributed by atoms with E-state index in [0.29, 0.717) is 5.88 Å². The van der Waals surface area contributed by atoms with Crippen molar-refractivity contribution in [2.24, 2.45) is 0 Å². The number of rotatable bonds is 5. The number of aromatic nitrogens is 4. The first-order valence-corrected chi connectivity index (χ1v) is 6.14. The van der Waals surface area contributed by atoms with Crippen molar-refractivity contribution < 1.29 is 4.74 Å². The molecule has 0 saturated heterocycles. The van der Waals surface area contributed by atoms with Gasteiger partial charge in [0.15, 0.2) is 0 Å². The van der Waals surface area contributed by atoms with Crippen molar-refractivity contribution in [1.29, 1.82) is 0 Å². The van der Waals surface area contributed by atoms with Gasteiger partial charge in [-0.25, -0.2) is 15.0 Å². The third-order valence-corrected chi connectivity index (χ3v) is 2.66. The molecular formula is C13H17N5O. The average Bonchev–Trinajstić information content (AvgIpc) is 2.45. The van der Waals surface area contributed by atoms with Gasteiger partial charge in [-0.3, -0.25) is 4.98 Å². The van der Waals surface area contributed by atoms with Gasteiger partial charge in [-0.1, -0.05) is 6.92 Å². The van der Waals surface area contributed by atoms with Gasteiger partial charge in [-0.15, -0.1) is 0 Å². The minimum absolute atomic E-state index is 0.157. The summed E-state index contributed by atoms with van der Waals surface area (Å²) >= 11 is 0. The Kier molecular flexibility index (Phi) is 4.35. The van der Waals surface area contributed by atoms with Crippen molar-refractivity contribution in [3.05, 3.63) is 41.9 Å². The van der Waals surface area contributed by atoms with Crippen molar-refractivity contribution in [2.75, 3.05) is 13.7 Å². The monoisotopic (exact) mass is 259 g/mol. The van der Waals surface area contributed by atoms with Gasteiger partial charge in [0.25, 0.3) is 0 Å². The van der Waals surface area contributed by atoms with E-state index in [1.165, 1.54) is 0 Å². The Morgan fingerprint density at radius 3 is 2.68 bits per heavy atom. The highest BCUT2D eigenvalue weighted by Crippen LogP contribution is 2.24. The Labute approximate surface area is 112 Å². The minimum Gasteiger partial charge on any atom is -0.480 e. The lowest BCUT2D eigenvalue weighted by molar-refractivity contribution is 0.382. The second-order valence-corrected chi connectivity index (χ2v) is 3.97. The number of nitrogens with one attached hydrogen (secondary N) is 1. The highest BCUT2D eigenvalue weighted by molar-refractivity contribution is 5.28. The molecule has 0 spiro atoms. The molecule has 2 aromatic heterocycles. The van der Waals surface area contributed by atoms with Crippen molar-refractivity contribution in [1.82, 2.24) is 25.3 Å². The van der Waals surface area contributed by atoms with Crippen molar-refractivity contribution in [2.45, 2.75) is 19.9 Å². The summed E-state index contributed by atoms with van der Waals surface area (Å²) in [6.07, 6.45) is 5.00.